The molecular weight excluding hydrogens is 351 g/mol. The van der Waals surface area contributed by atoms with Crippen molar-refractivity contribution in [1.82, 2.24) is 9.62 Å². The summed E-state index contributed by atoms with van der Waals surface area (Å²) in [4.78, 5) is 13.8. The molecule has 2 heterocycles. The normalized spacial score (nSPS) is 18.3. The van der Waals surface area contributed by atoms with Crippen molar-refractivity contribution in [3.05, 3.63) is 53.2 Å². The van der Waals surface area contributed by atoms with Crippen molar-refractivity contribution in [3.63, 3.8) is 0 Å². The number of carbonyl (C=O) groups excluding carboxylic acids is 1. The van der Waals surface area contributed by atoms with Crippen molar-refractivity contribution < 1.29 is 17.6 Å². The van der Waals surface area contributed by atoms with Crippen LogP contribution in [0.2, 0.25) is 0 Å². The average Bonchev–Trinajstić information content (AvgIpc) is 3.19. The van der Waals surface area contributed by atoms with E-state index in [0.717, 1.165) is 16.9 Å². The first-order valence-electron chi connectivity index (χ1n) is 7.49. The molecule has 1 aromatic heterocycles. The van der Waals surface area contributed by atoms with Gasteiger partial charge in [0.15, 0.2) is 0 Å². The second-order valence-electron chi connectivity index (χ2n) is 5.75. The molecule has 5 nitrogen and oxygen atoms in total. The van der Waals surface area contributed by atoms with Gasteiger partial charge >= 0.3 is 0 Å². The molecule has 2 aromatic rings. The number of nitrogens with one attached hydrogen (secondary N) is 1. The van der Waals surface area contributed by atoms with Gasteiger partial charge in [-0.25, -0.2) is 17.5 Å². The summed E-state index contributed by atoms with van der Waals surface area (Å²) in [6.07, 6.45) is 0.314. The smallest absolute Gasteiger partial charge is 0.250 e. The maximum Gasteiger partial charge on any atom is 0.250 e. The van der Waals surface area contributed by atoms with Crippen LogP contribution in [0.5, 0.6) is 0 Å². The van der Waals surface area contributed by atoms with Crippen molar-refractivity contribution >= 4 is 27.3 Å². The molecule has 1 atom stereocenters. The Hall–Kier alpha value is -1.77. The van der Waals surface area contributed by atoms with Crippen molar-refractivity contribution in [2.75, 3.05) is 13.1 Å². The van der Waals surface area contributed by atoms with Gasteiger partial charge in [-0.2, -0.15) is 0 Å². The van der Waals surface area contributed by atoms with E-state index in [9.17, 15) is 17.6 Å². The molecule has 128 valence electrons. The first-order chi connectivity index (χ1) is 11.4. The molecule has 1 aliphatic heterocycles. The highest BCUT2D eigenvalue weighted by molar-refractivity contribution is 7.91. The summed E-state index contributed by atoms with van der Waals surface area (Å²) < 4.78 is 40.0. The summed E-state index contributed by atoms with van der Waals surface area (Å²) in [5, 5.41) is 1.71. The number of carbonyl (C=O) groups is 1. The van der Waals surface area contributed by atoms with E-state index in [2.05, 4.69) is 4.72 Å². The van der Waals surface area contributed by atoms with Gasteiger partial charge in [0, 0.05) is 26.1 Å². The lowest BCUT2D eigenvalue weighted by Crippen LogP contribution is -2.30. The van der Waals surface area contributed by atoms with Gasteiger partial charge in [-0.1, -0.05) is 18.2 Å². The fraction of sp³-hybridized carbons (Fsp3) is 0.312. The number of rotatable bonds is 6. The van der Waals surface area contributed by atoms with Crippen molar-refractivity contribution in [2.45, 2.75) is 17.2 Å². The second kappa shape index (κ2) is 7.00. The van der Waals surface area contributed by atoms with Crippen LogP contribution < -0.4 is 4.72 Å². The Bertz CT molecular complexity index is 804. The van der Waals surface area contributed by atoms with Crippen LogP contribution in [0.4, 0.5) is 4.39 Å². The average molecular weight is 368 g/mol. The van der Waals surface area contributed by atoms with E-state index >= 15 is 0 Å². The van der Waals surface area contributed by atoms with E-state index in [4.69, 9.17) is 0 Å². The fourth-order valence-electron chi connectivity index (χ4n) is 2.67. The highest BCUT2D eigenvalue weighted by Crippen LogP contribution is 2.21. The monoisotopic (exact) mass is 368 g/mol. The Kier molecular flexibility index (Phi) is 4.98. The number of halogens is 1. The Labute approximate surface area is 144 Å². The Morgan fingerprint density at radius 1 is 1.25 bits per heavy atom. The molecule has 0 saturated carbocycles. The van der Waals surface area contributed by atoms with Crippen LogP contribution in [-0.4, -0.2) is 32.3 Å². The van der Waals surface area contributed by atoms with Crippen molar-refractivity contribution in [2.24, 2.45) is 5.92 Å². The molecular formula is C16H17FN2O3S2. The minimum absolute atomic E-state index is 0.0142. The molecule has 0 bridgehead atoms. The molecule has 0 radical (unpaired) electrons. The topological polar surface area (TPSA) is 66.5 Å². The van der Waals surface area contributed by atoms with E-state index in [0.29, 0.717) is 19.5 Å². The molecule has 3 rings (SSSR count). The first kappa shape index (κ1) is 17.1. The Morgan fingerprint density at radius 2 is 2.00 bits per heavy atom. The van der Waals surface area contributed by atoms with Gasteiger partial charge in [-0.3, -0.25) is 4.79 Å². The van der Waals surface area contributed by atoms with Crippen LogP contribution in [0.25, 0.3) is 0 Å². The van der Waals surface area contributed by atoms with Crippen LogP contribution in [-0.2, 0) is 21.4 Å². The van der Waals surface area contributed by atoms with E-state index < -0.39 is 10.0 Å². The molecule has 1 aromatic carbocycles. The summed E-state index contributed by atoms with van der Waals surface area (Å²) in [5.41, 5.74) is 0.851. The van der Waals surface area contributed by atoms with E-state index in [1.165, 1.54) is 12.1 Å². The molecule has 0 spiro atoms. The predicted molar refractivity (Wildman–Crippen MR) is 89.4 cm³/mol. The SMILES string of the molecule is O=C1C[C@H](CNS(=O)(=O)c2cccs2)CN1Cc1ccc(F)cc1. The van der Waals surface area contributed by atoms with Crippen LogP contribution in [0.1, 0.15) is 12.0 Å². The summed E-state index contributed by atoms with van der Waals surface area (Å²) in [5.74, 6) is -0.389. The molecule has 1 fully saturated rings. The summed E-state index contributed by atoms with van der Waals surface area (Å²) >= 11 is 1.16. The Balaban J connectivity index is 1.56. The van der Waals surface area contributed by atoms with Gasteiger partial charge in [-0.15, -0.1) is 11.3 Å². The standard InChI is InChI=1S/C16H17FN2O3S2/c17-14-5-3-12(4-6-14)10-19-11-13(8-15(19)20)9-18-24(21,22)16-2-1-7-23-16/h1-7,13,18H,8-11H2/t13-/m1/s1. The minimum atomic E-state index is -3.51. The summed E-state index contributed by atoms with van der Waals surface area (Å²) in [7, 11) is -3.51. The third kappa shape index (κ3) is 4.00. The van der Waals surface area contributed by atoms with E-state index in [1.54, 1.807) is 34.5 Å². The molecule has 0 unspecified atom stereocenters. The molecule has 24 heavy (non-hydrogen) atoms. The van der Waals surface area contributed by atoms with Crippen LogP contribution >= 0.6 is 11.3 Å². The number of thiophene rings is 1. The summed E-state index contributed by atoms with van der Waals surface area (Å²) in [6.45, 7) is 1.13. The van der Waals surface area contributed by atoms with Gasteiger partial charge in [0.2, 0.25) is 15.9 Å². The highest BCUT2D eigenvalue weighted by Gasteiger charge is 2.30. The number of nitrogens with zero attached hydrogens (tertiary/aromatic N) is 1. The molecule has 1 N–H and O–H groups in total. The maximum atomic E-state index is 12.9. The number of benzene rings is 1. The Morgan fingerprint density at radius 3 is 2.67 bits per heavy atom. The summed E-state index contributed by atoms with van der Waals surface area (Å²) in [6, 6.07) is 9.26. The quantitative estimate of drug-likeness (QED) is 0.850. The lowest BCUT2D eigenvalue weighted by atomic mass is 10.1. The van der Waals surface area contributed by atoms with Crippen LogP contribution in [0.3, 0.4) is 0 Å². The second-order valence-corrected chi connectivity index (χ2v) is 8.70. The third-order valence-electron chi connectivity index (χ3n) is 3.90. The molecule has 1 aliphatic rings. The first-order valence-corrected chi connectivity index (χ1v) is 9.86. The van der Waals surface area contributed by atoms with Gasteiger partial charge in [0.1, 0.15) is 10.0 Å². The number of likely N-dealkylation sites (tertiary alicyclic amines) is 1. The lowest BCUT2D eigenvalue weighted by molar-refractivity contribution is -0.128. The van der Waals surface area contributed by atoms with Gasteiger partial charge in [0.25, 0.3) is 0 Å². The minimum Gasteiger partial charge on any atom is -0.338 e. The predicted octanol–water partition coefficient (Wildman–Crippen LogP) is 2.21. The number of hydrogen-bond acceptors (Lipinski definition) is 4. The zero-order valence-corrected chi connectivity index (χ0v) is 14.4. The maximum absolute atomic E-state index is 12.9. The number of amides is 1. The molecule has 1 saturated heterocycles. The largest absolute Gasteiger partial charge is 0.338 e. The fourth-order valence-corrected chi connectivity index (χ4v) is 4.82. The molecule has 8 heteroatoms. The molecule has 0 aliphatic carbocycles. The zero-order chi connectivity index (χ0) is 17.2. The van der Waals surface area contributed by atoms with Gasteiger partial charge in [-0.05, 0) is 35.1 Å². The molecule has 1 amide bonds. The third-order valence-corrected chi connectivity index (χ3v) is 6.72. The van der Waals surface area contributed by atoms with E-state index in [1.807, 2.05) is 0 Å². The number of hydrogen-bond donors (Lipinski definition) is 1. The van der Waals surface area contributed by atoms with Gasteiger partial charge in [0.05, 0.1) is 0 Å². The van der Waals surface area contributed by atoms with E-state index in [-0.39, 0.29) is 28.4 Å². The van der Waals surface area contributed by atoms with Crippen molar-refractivity contribution in [3.8, 4) is 0 Å². The highest BCUT2D eigenvalue weighted by atomic mass is 32.2. The lowest BCUT2D eigenvalue weighted by Gasteiger charge is -2.17. The van der Waals surface area contributed by atoms with Gasteiger partial charge < -0.3 is 4.90 Å². The van der Waals surface area contributed by atoms with Crippen LogP contribution in [0.15, 0.2) is 46.0 Å². The van der Waals surface area contributed by atoms with Crippen LogP contribution in [0, 0.1) is 11.7 Å². The zero-order valence-electron chi connectivity index (χ0n) is 12.8. The van der Waals surface area contributed by atoms with Crippen molar-refractivity contribution in [1.29, 1.82) is 0 Å². The number of sulfonamides is 1.